The fourth-order valence-corrected chi connectivity index (χ4v) is 2.77. The minimum Gasteiger partial charge on any atom is -0.351 e. The Labute approximate surface area is 139 Å². The molecule has 0 atom stereocenters. The van der Waals surface area contributed by atoms with Gasteiger partial charge in [0, 0.05) is 18.7 Å². The zero-order valence-corrected chi connectivity index (χ0v) is 14.7. The van der Waals surface area contributed by atoms with Gasteiger partial charge in [0.1, 0.15) is 0 Å². The van der Waals surface area contributed by atoms with E-state index in [-0.39, 0.29) is 10.8 Å². The smallest absolute Gasteiger partial charge is 0.251 e. The van der Waals surface area contributed by atoms with Crippen molar-refractivity contribution in [2.45, 2.75) is 38.0 Å². The SMILES string of the molecule is CCCCN(CCC)CCNC(=O)c1ccc(S(N)(=O)=O)cc1. The predicted octanol–water partition coefficient (Wildman–Crippen LogP) is 1.58. The lowest BCUT2D eigenvalue weighted by Crippen LogP contribution is -2.36. The molecule has 0 aliphatic rings. The van der Waals surface area contributed by atoms with Crippen molar-refractivity contribution in [1.82, 2.24) is 10.2 Å². The molecular formula is C16H27N3O3S. The van der Waals surface area contributed by atoms with Crippen molar-refractivity contribution in [2.24, 2.45) is 5.14 Å². The first kappa shape index (κ1) is 19.6. The molecular weight excluding hydrogens is 314 g/mol. The fourth-order valence-electron chi connectivity index (χ4n) is 2.26. The number of sulfonamides is 1. The lowest BCUT2D eigenvalue weighted by molar-refractivity contribution is 0.0948. The van der Waals surface area contributed by atoms with E-state index in [0.29, 0.717) is 12.1 Å². The number of carbonyl (C=O) groups is 1. The van der Waals surface area contributed by atoms with Crippen LogP contribution < -0.4 is 10.5 Å². The zero-order chi connectivity index (χ0) is 17.3. The Hall–Kier alpha value is -1.44. The Morgan fingerprint density at radius 3 is 2.26 bits per heavy atom. The van der Waals surface area contributed by atoms with Gasteiger partial charge < -0.3 is 10.2 Å². The molecule has 3 N–H and O–H groups in total. The molecule has 130 valence electrons. The van der Waals surface area contributed by atoms with Gasteiger partial charge in [-0.2, -0.15) is 0 Å². The second-order valence-corrected chi connectivity index (χ2v) is 7.08. The van der Waals surface area contributed by atoms with Crippen LogP contribution in [0, 0.1) is 0 Å². The summed E-state index contributed by atoms with van der Waals surface area (Å²) in [6.45, 7) is 7.76. The topological polar surface area (TPSA) is 92.5 Å². The van der Waals surface area contributed by atoms with Crippen molar-refractivity contribution >= 4 is 15.9 Å². The average molecular weight is 341 g/mol. The molecule has 0 bridgehead atoms. The predicted molar refractivity (Wildman–Crippen MR) is 91.8 cm³/mol. The summed E-state index contributed by atoms with van der Waals surface area (Å²) in [6, 6.07) is 5.62. The first-order valence-corrected chi connectivity index (χ1v) is 9.56. The summed E-state index contributed by atoms with van der Waals surface area (Å²) in [7, 11) is -3.73. The average Bonchev–Trinajstić information content (AvgIpc) is 2.51. The van der Waals surface area contributed by atoms with Gasteiger partial charge in [-0.15, -0.1) is 0 Å². The zero-order valence-electron chi connectivity index (χ0n) is 13.9. The van der Waals surface area contributed by atoms with E-state index in [1.807, 2.05) is 0 Å². The monoisotopic (exact) mass is 341 g/mol. The Bertz CT molecular complexity index is 585. The second-order valence-electron chi connectivity index (χ2n) is 5.52. The van der Waals surface area contributed by atoms with Crippen LogP contribution in [0.3, 0.4) is 0 Å². The van der Waals surface area contributed by atoms with Gasteiger partial charge in [-0.05, 0) is 50.2 Å². The fraction of sp³-hybridized carbons (Fsp3) is 0.562. The van der Waals surface area contributed by atoms with Gasteiger partial charge in [0.2, 0.25) is 10.0 Å². The maximum atomic E-state index is 12.0. The lowest BCUT2D eigenvalue weighted by Gasteiger charge is -2.21. The lowest BCUT2D eigenvalue weighted by atomic mass is 10.2. The minimum atomic E-state index is -3.73. The molecule has 0 radical (unpaired) electrons. The molecule has 0 spiro atoms. The number of primary sulfonamides is 1. The normalized spacial score (nSPS) is 11.7. The van der Waals surface area contributed by atoms with Crippen LogP contribution in [0.15, 0.2) is 29.2 Å². The molecule has 0 saturated carbocycles. The quantitative estimate of drug-likeness (QED) is 0.676. The van der Waals surface area contributed by atoms with Gasteiger partial charge in [-0.1, -0.05) is 20.3 Å². The maximum absolute atomic E-state index is 12.0. The third-order valence-electron chi connectivity index (χ3n) is 3.53. The molecule has 1 aromatic rings. The van der Waals surface area contributed by atoms with Crippen LogP contribution in [0.2, 0.25) is 0 Å². The third-order valence-corrected chi connectivity index (χ3v) is 4.46. The van der Waals surface area contributed by atoms with Gasteiger partial charge in [0.25, 0.3) is 5.91 Å². The highest BCUT2D eigenvalue weighted by Crippen LogP contribution is 2.08. The molecule has 23 heavy (non-hydrogen) atoms. The summed E-state index contributed by atoms with van der Waals surface area (Å²) in [6.07, 6.45) is 3.40. The highest BCUT2D eigenvalue weighted by atomic mass is 32.2. The van der Waals surface area contributed by atoms with E-state index < -0.39 is 10.0 Å². The number of hydrogen-bond acceptors (Lipinski definition) is 4. The Morgan fingerprint density at radius 2 is 1.74 bits per heavy atom. The van der Waals surface area contributed by atoms with E-state index >= 15 is 0 Å². The van der Waals surface area contributed by atoms with Crippen LogP contribution in [0.25, 0.3) is 0 Å². The van der Waals surface area contributed by atoms with Gasteiger partial charge >= 0.3 is 0 Å². The number of rotatable bonds is 10. The van der Waals surface area contributed by atoms with Crippen LogP contribution >= 0.6 is 0 Å². The Morgan fingerprint density at radius 1 is 1.09 bits per heavy atom. The number of hydrogen-bond donors (Lipinski definition) is 2. The number of carbonyl (C=O) groups excluding carboxylic acids is 1. The number of nitrogens with one attached hydrogen (secondary N) is 1. The van der Waals surface area contributed by atoms with Crippen molar-refractivity contribution < 1.29 is 13.2 Å². The molecule has 1 aromatic carbocycles. The van der Waals surface area contributed by atoms with Crippen molar-refractivity contribution in [3.63, 3.8) is 0 Å². The summed E-state index contributed by atoms with van der Waals surface area (Å²) in [4.78, 5) is 14.4. The van der Waals surface area contributed by atoms with Crippen molar-refractivity contribution in [1.29, 1.82) is 0 Å². The molecule has 1 amide bonds. The van der Waals surface area contributed by atoms with E-state index in [1.165, 1.54) is 24.3 Å². The highest BCUT2D eigenvalue weighted by molar-refractivity contribution is 7.89. The van der Waals surface area contributed by atoms with Crippen molar-refractivity contribution in [3.8, 4) is 0 Å². The van der Waals surface area contributed by atoms with Gasteiger partial charge in [0.05, 0.1) is 4.90 Å². The molecule has 0 saturated heterocycles. The van der Waals surface area contributed by atoms with E-state index in [1.54, 1.807) is 0 Å². The van der Waals surface area contributed by atoms with Crippen LogP contribution in [0.1, 0.15) is 43.5 Å². The number of nitrogens with two attached hydrogens (primary N) is 1. The Balaban J connectivity index is 2.49. The number of benzene rings is 1. The molecule has 0 aliphatic heterocycles. The Kier molecular flexibility index (Phi) is 8.22. The van der Waals surface area contributed by atoms with Crippen LogP contribution in [0.4, 0.5) is 0 Å². The van der Waals surface area contributed by atoms with Crippen LogP contribution in [0.5, 0.6) is 0 Å². The number of nitrogens with zero attached hydrogens (tertiary/aromatic N) is 1. The summed E-state index contributed by atoms with van der Waals surface area (Å²) < 4.78 is 22.4. The first-order chi connectivity index (χ1) is 10.9. The van der Waals surface area contributed by atoms with Crippen molar-refractivity contribution in [2.75, 3.05) is 26.2 Å². The molecule has 0 fully saturated rings. The molecule has 0 aliphatic carbocycles. The third kappa shape index (κ3) is 7.11. The largest absolute Gasteiger partial charge is 0.351 e. The molecule has 0 unspecified atom stereocenters. The van der Waals surface area contributed by atoms with E-state index in [4.69, 9.17) is 5.14 Å². The summed E-state index contributed by atoms with van der Waals surface area (Å²) >= 11 is 0. The minimum absolute atomic E-state index is 0.00253. The van der Waals surface area contributed by atoms with Crippen LogP contribution in [-0.2, 0) is 10.0 Å². The first-order valence-electron chi connectivity index (χ1n) is 8.02. The molecule has 7 heteroatoms. The maximum Gasteiger partial charge on any atom is 0.251 e. The second kappa shape index (κ2) is 9.64. The standard InChI is InChI=1S/C16H27N3O3S/c1-3-5-12-19(11-4-2)13-10-18-16(20)14-6-8-15(9-7-14)23(17,21)22/h6-9H,3-5,10-13H2,1-2H3,(H,18,20)(H2,17,21,22). The molecule has 6 nitrogen and oxygen atoms in total. The van der Waals surface area contributed by atoms with E-state index in [9.17, 15) is 13.2 Å². The summed E-state index contributed by atoms with van der Waals surface area (Å²) in [5, 5.41) is 7.89. The van der Waals surface area contributed by atoms with Crippen LogP contribution in [-0.4, -0.2) is 45.4 Å². The van der Waals surface area contributed by atoms with Gasteiger partial charge in [-0.25, -0.2) is 13.6 Å². The van der Waals surface area contributed by atoms with E-state index in [0.717, 1.165) is 38.9 Å². The number of unbranched alkanes of at least 4 members (excludes halogenated alkanes) is 1. The van der Waals surface area contributed by atoms with Gasteiger partial charge in [-0.3, -0.25) is 4.79 Å². The van der Waals surface area contributed by atoms with Crippen molar-refractivity contribution in [3.05, 3.63) is 29.8 Å². The highest BCUT2D eigenvalue weighted by Gasteiger charge is 2.10. The molecule has 0 heterocycles. The molecule has 1 rings (SSSR count). The summed E-state index contributed by atoms with van der Waals surface area (Å²) in [5.41, 5.74) is 0.424. The van der Waals surface area contributed by atoms with Gasteiger partial charge in [0.15, 0.2) is 0 Å². The number of amides is 1. The summed E-state index contributed by atoms with van der Waals surface area (Å²) in [5.74, 6) is -0.210. The van der Waals surface area contributed by atoms with E-state index in [2.05, 4.69) is 24.1 Å². The molecule has 0 aromatic heterocycles.